The SMILES string of the molecule is O=C(NCCCN1CCN(C(=O)N[C@@H](C(=O)N[C@H]2Cc3ccc(F)c(C(=O)O)c3OB2O)c2cc(F)c(O)c(O)c2Cl)C(=O)C1=O)c1ccc(O)cc1F. The van der Waals surface area contributed by atoms with Crippen LogP contribution in [0.1, 0.15) is 44.3 Å². The summed E-state index contributed by atoms with van der Waals surface area (Å²) in [5, 5.41) is 55.3. The second-order valence-electron chi connectivity index (χ2n) is 11.9. The van der Waals surface area contributed by atoms with E-state index in [-0.39, 0.29) is 49.4 Å². The van der Waals surface area contributed by atoms with Crippen LogP contribution in [0.5, 0.6) is 23.0 Å². The molecule has 17 nitrogen and oxygen atoms in total. The number of nitrogens with zero attached hydrogens (tertiary/aromatic N) is 2. The molecule has 1 saturated heterocycles. The monoisotopic (exact) mass is 777 g/mol. The summed E-state index contributed by atoms with van der Waals surface area (Å²) in [6.07, 6.45) is -0.250. The lowest BCUT2D eigenvalue weighted by atomic mass is 9.72. The highest BCUT2D eigenvalue weighted by molar-refractivity contribution is 6.47. The number of hydrogen-bond donors (Lipinski definition) is 8. The van der Waals surface area contributed by atoms with Gasteiger partial charge in [-0.25, -0.2) is 22.8 Å². The number of carbonyl (C=O) groups excluding carboxylic acids is 5. The summed E-state index contributed by atoms with van der Waals surface area (Å²) in [6, 6.07) is 1.94. The Balaban J connectivity index is 1.28. The first kappa shape index (κ1) is 39.0. The van der Waals surface area contributed by atoms with Crippen LogP contribution in [0.25, 0.3) is 0 Å². The number of aromatic carboxylic acids is 1. The second kappa shape index (κ2) is 15.8. The quantitative estimate of drug-likeness (QED) is 0.0620. The number of imide groups is 1. The van der Waals surface area contributed by atoms with Crippen molar-refractivity contribution in [1.29, 1.82) is 0 Å². The summed E-state index contributed by atoms with van der Waals surface area (Å²) >= 11 is 6.11. The highest BCUT2D eigenvalue weighted by Crippen LogP contribution is 2.40. The molecule has 2 heterocycles. The van der Waals surface area contributed by atoms with Gasteiger partial charge in [0.05, 0.1) is 16.5 Å². The summed E-state index contributed by atoms with van der Waals surface area (Å²) in [5.41, 5.74) is -1.82. The molecule has 0 radical (unpaired) electrons. The number of fused-ring (bicyclic) bond motifs is 1. The largest absolute Gasteiger partial charge is 0.547 e. The van der Waals surface area contributed by atoms with E-state index in [0.29, 0.717) is 11.0 Å². The predicted molar refractivity (Wildman–Crippen MR) is 177 cm³/mol. The van der Waals surface area contributed by atoms with Gasteiger partial charge in [-0.3, -0.25) is 24.1 Å². The maximum absolute atomic E-state index is 14.6. The lowest BCUT2D eigenvalue weighted by molar-refractivity contribution is -0.153. The molecule has 2 aliphatic rings. The van der Waals surface area contributed by atoms with Gasteiger partial charge in [0.25, 0.3) is 5.91 Å². The molecule has 5 rings (SSSR count). The minimum Gasteiger partial charge on any atom is -0.534 e. The van der Waals surface area contributed by atoms with Gasteiger partial charge in [0.2, 0.25) is 5.91 Å². The third-order valence-electron chi connectivity index (χ3n) is 8.43. The van der Waals surface area contributed by atoms with Gasteiger partial charge in [0.15, 0.2) is 17.3 Å². The minimum absolute atomic E-state index is 0.0481. The number of carboxylic acid groups (broad SMARTS) is 1. The first-order valence-electron chi connectivity index (χ1n) is 15.8. The van der Waals surface area contributed by atoms with Crippen LogP contribution in [0.3, 0.4) is 0 Å². The molecule has 1 fully saturated rings. The van der Waals surface area contributed by atoms with Crippen molar-refractivity contribution in [2.45, 2.75) is 24.8 Å². The number of halogens is 4. The van der Waals surface area contributed by atoms with E-state index in [2.05, 4.69) is 16.0 Å². The number of rotatable bonds is 10. The fraction of sp³-hybridized carbons (Fsp3) is 0.250. The van der Waals surface area contributed by atoms with Gasteiger partial charge in [0.1, 0.15) is 34.7 Å². The van der Waals surface area contributed by atoms with E-state index >= 15 is 0 Å². The molecule has 54 heavy (non-hydrogen) atoms. The van der Waals surface area contributed by atoms with Crippen LogP contribution >= 0.6 is 11.6 Å². The molecule has 3 aromatic carbocycles. The van der Waals surface area contributed by atoms with Crippen LogP contribution < -0.4 is 20.6 Å². The third kappa shape index (κ3) is 7.90. The van der Waals surface area contributed by atoms with Crippen LogP contribution in [0.2, 0.25) is 5.02 Å². The van der Waals surface area contributed by atoms with Gasteiger partial charge in [-0.15, -0.1) is 0 Å². The van der Waals surface area contributed by atoms with Gasteiger partial charge in [-0.2, -0.15) is 0 Å². The maximum atomic E-state index is 14.6. The highest BCUT2D eigenvalue weighted by atomic mass is 35.5. The normalized spacial score (nSPS) is 15.9. The number of urea groups is 1. The molecule has 2 atom stereocenters. The summed E-state index contributed by atoms with van der Waals surface area (Å²) in [4.78, 5) is 78.3. The number of piperazine rings is 1. The van der Waals surface area contributed by atoms with Crippen molar-refractivity contribution in [1.82, 2.24) is 25.8 Å². The molecular formula is C32H28BClF3N5O12. The Morgan fingerprint density at radius 2 is 1.69 bits per heavy atom. The van der Waals surface area contributed by atoms with E-state index in [1.165, 1.54) is 0 Å². The molecule has 3 aromatic rings. The highest BCUT2D eigenvalue weighted by Gasteiger charge is 2.42. The Hall–Kier alpha value is -6.22. The molecule has 0 bridgehead atoms. The van der Waals surface area contributed by atoms with Gasteiger partial charge in [-0.05, 0) is 42.7 Å². The van der Waals surface area contributed by atoms with E-state index < -0.39 is 112 Å². The first-order chi connectivity index (χ1) is 25.5. The Morgan fingerprint density at radius 3 is 2.37 bits per heavy atom. The Labute approximate surface area is 307 Å². The van der Waals surface area contributed by atoms with Gasteiger partial charge < -0.3 is 51.0 Å². The molecule has 8 N–H and O–H groups in total. The van der Waals surface area contributed by atoms with Crippen LogP contribution in [0.4, 0.5) is 18.0 Å². The van der Waals surface area contributed by atoms with Crippen molar-refractivity contribution < 1.29 is 72.0 Å². The lowest BCUT2D eigenvalue weighted by Crippen LogP contribution is -2.60. The fourth-order valence-electron chi connectivity index (χ4n) is 5.68. The van der Waals surface area contributed by atoms with E-state index in [9.17, 15) is 67.4 Å². The van der Waals surface area contributed by atoms with Crippen molar-refractivity contribution in [3.05, 3.63) is 81.1 Å². The van der Waals surface area contributed by atoms with Crippen LogP contribution in [0.15, 0.2) is 36.4 Å². The topological polar surface area (TPSA) is 255 Å². The number of phenols is 3. The van der Waals surface area contributed by atoms with Crippen molar-refractivity contribution in [3.8, 4) is 23.0 Å². The molecule has 22 heteroatoms. The number of phenolic OH excluding ortho intramolecular Hbond substituents is 3. The Morgan fingerprint density at radius 1 is 0.963 bits per heavy atom. The third-order valence-corrected chi connectivity index (χ3v) is 8.83. The summed E-state index contributed by atoms with van der Waals surface area (Å²) in [5.74, 6) is -14.7. The lowest BCUT2D eigenvalue weighted by Gasteiger charge is -2.34. The van der Waals surface area contributed by atoms with Crippen molar-refractivity contribution in [3.63, 3.8) is 0 Å². The van der Waals surface area contributed by atoms with Gasteiger partial charge in [-0.1, -0.05) is 17.7 Å². The maximum Gasteiger partial charge on any atom is 0.547 e. The number of aromatic hydroxyl groups is 3. The van der Waals surface area contributed by atoms with Gasteiger partial charge >= 0.3 is 30.9 Å². The first-order valence-corrected chi connectivity index (χ1v) is 16.2. The average molecular weight is 778 g/mol. The Bertz CT molecular complexity index is 2080. The van der Waals surface area contributed by atoms with Crippen LogP contribution in [0, 0.1) is 17.5 Å². The second-order valence-corrected chi connectivity index (χ2v) is 12.3. The smallest absolute Gasteiger partial charge is 0.534 e. The number of benzene rings is 3. The summed E-state index contributed by atoms with van der Waals surface area (Å²) in [6.45, 7) is -0.776. The van der Waals surface area contributed by atoms with Gasteiger partial charge in [0, 0.05) is 37.8 Å². The van der Waals surface area contributed by atoms with E-state index in [1.807, 2.05) is 0 Å². The van der Waals surface area contributed by atoms with Crippen LogP contribution in [-0.4, -0.2) is 110 Å². The average Bonchev–Trinajstić information content (AvgIpc) is 3.11. The molecule has 6 amide bonds. The predicted octanol–water partition coefficient (Wildman–Crippen LogP) is 0.954. The zero-order valence-electron chi connectivity index (χ0n) is 27.4. The zero-order chi connectivity index (χ0) is 39.6. The summed E-state index contributed by atoms with van der Waals surface area (Å²) < 4.78 is 47.9. The zero-order valence-corrected chi connectivity index (χ0v) is 28.2. The summed E-state index contributed by atoms with van der Waals surface area (Å²) in [7, 11) is -1.99. The molecule has 0 aromatic heterocycles. The minimum atomic E-state index is -2.09. The van der Waals surface area contributed by atoms with Crippen molar-refractivity contribution in [2.75, 3.05) is 26.2 Å². The van der Waals surface area contributed by atoms with E-state index in [4.69, 9.17) is 16.3 Å². The number of nitrogens with one attached hydrogen (secondary N) is 3. The molecule has 0 spiro atoms. The number of carbonyl (C=O) groups is 6. The number of hydrogen-bond acceptors (Lipinski definition) is 11. The van der Waals surface area contributed by atoms with Crippen LogP contribution in [-0.2, 0) is 20.8 Å². The number of amides is 6. The number of carboxylic acids is 1. The molecule has 0 saturated carbocycles. The van der Waals surface area contributed by atoms with E-state index in [1.54, 1.807) is 0 Å². The molecule has 284 valence electrons. The molecule has 0 aliphatic carbocycles. The van der Waals surface area contributed by atoms with Crippen molar-refractivity contribution in [2.24, 2.45) is 0 Å². The molecule has 2 aliphatic heterocycles. The van der Waals surface area contributed by atoms with E-state index in [0.717, 1.165) is 35.2 Å². The standard InChI is InChI=1S/C32H28BClF3N5O12/c34-22-16(12-19(37)24(44)25(22)45)23(28(47)39-20-10-13-2-5-17(35)21(31(50)51)26(13)54-33(20)53)40-32(52)42-9-8-41(29(48)30(42)49)7-1-6-38-27(46)15-4-3-14(43)11-18(15)36/h2-5,11-12,20,23,43-45,53H,1,6-10H2,(H,38,46)(H,39,47)(H,40,52)(H,50,51)/t20-,23+/m0/s1. The molecule has 0 unspecified atom stereocenters. The fourth-order valence-corrected chi connectivity index (χ4v) is 5.93. The Kier molecular flexibility index (Phi) is 11.4. The molecular weight excluding hydrogens is 750 g/mol. The van der Waals surface area contributed by atoms with Crippen molar-refractivity contribution >= 4 is 54.3 Å².